The summed E-state index contributed by atoms with van der Waals surface area (Å²) in [6.07, 6.45) is 7.98. The third-order valence-electron chi connectivity index (χ3n) is 3.43. The van der Waals surface area contributed by atoms with Gasteiger partial charge in [0.2, 0.25) is 5.95 Å². The third kappa shape index (κ3) is 2.91. The average molecular weight is 281 g/mol. The number of carbonyl (C=O) groups is 1. The zero-order valence-electron chi connectivity index (χ0n) is 11.4. The first-order chi connectivity index (χ1) is 10.2. The molecule has 0 amide bonds. The zero-order chi connectivity index (χ0) is 14.7. The Morgan fingerprint density at radius 3 is 2.76 bits per heavy atom. The fraction of sp³-hybridized carbons (Fsp3) is 0.188. The van der Waals surface area contributed by atoms with Gasteiger partial charge < -0.3 is 10.0 Å². The van der Waals surface area contributed by atoms with Gasteiger partial charge >= 0.3 is 5.97 Å². The van der Waals surface area contributed by atoms with Gasteiger partial charge in [-0.1, -0.05) is 18.2 Å². The molecule has 1 N–H and O–H groups in total. The average Bonchev–Trinajstić information content (AvgIpc) is 2.53. The summed E-state index contributed by atoms with van der Waals surface area (Å²) in [6.45, 7) is 0.890. The number of benzene rings is 1. The standard InChI is InChI=1S/C16H15N3O2/c20-15(21)8-7-12-10-17-16(18-11-12)19-9-3-5-13-4-1-2-6-14(13)19/h1-2,4,6-8,10-11H,3,5,9H2,(H,20,21)/b8-7+. The van der Waals surface area contributed by atoms with E-state index in [-0.39, 0.29) is 0 Å². The molecular formula is C16H15N3O2. The topological polar surface area (TPSA) is 66.3 Å². The van der Waals surface area contributed by atoms with E-state index in [9.17, 15) is 4.79 Å². The fourth-order valence-electron chi connectivity index (χ4n) is 2.47. The molecule has 0 fully saturated rings. The molecule has 1 aliphatic rings. The van der Waals surface area contributed by atoms with Gasteiger partial charge in [-0.25, -0.2) is 14.8 Å². The van der Waals surface area contributed by atoms with Crippen LogP contribution in [-0.4, -0.2) is 27.6 Å². The second kappa shape index (κ2) is 5.75. The van der Waals surface area contributed by atoms with Gasteiger partial charge in [0.25, 0.3) is 0 Å². The first-order valence-corrected chi connectivity index (χ1v) is 6.82. The second-order valence-corrected chi connectivity index (χ2v) is 4.87. The Kier molecular flexibility index (Phi) is 3.64. The Balaban J connectivity index is 1.87. The Labute approximate surface area is 122 Å². The van der Waals surface area contributed by atoms with Crippen LogP contribution in [0, 0.1) is 0 Å². The minimum absolute atomic E-state index is 0.648. The van der Waals surface area contributed by atoms with E-state index in [1.807, 2.05) is 12.1 Å². The zero-order valence-corrected chi connectivity index (χ0v) is 11.4. The lowest BCUT2D eigenvalue weighted by atomic mass is 10.0. The van der Waals surface area contributed by atoms with Gasteiger partial charge in [-0.05, 0) is 30.5 Å². The Morgan fingerprint density at radius 1 is 1.24 bits per heavy atom. The summed E-state index contributed by atoms with van der Waals surface area (Å²) < 4.78 is 0. The molecule has 0 radical (unpaired) electrons. The number of rotatable bonds is 3. The number of carboxylic acid groups (broad SMARTS) is 1. The molecule has 1 aliphatic heterocycles. The van der Waals surface area contributed by atoms with Gasteiger partial charge in [0.05, 0.1) is 0 Å². The molecule has 0 spiro atoms. The van der Waals surface area contributed by atoms with Crippen LogP contribution in [0.4, 0.5) is 11.6 Å². The van der Waals surface area contributed by atoms with Crippen LogP contribution in [0.25, 0.3) is 6.08 Å². The lowest BCUT2D eigenvalue weighted by Crippen LogP contribution is -2.26. The molecular weight excluding hydrogens is 266 g/mol. The summed E-state index contributed by atoms with van der Waals surface area (Å²) in [5.74, 6) is -0.335. The van der Waals surface area contributed by atoms with E-state index in [1.54, 1.807) is 12.4 Å². The number of aromatic nitrogens is 2. The highest BCUT2D eigenvalue weighted by atomic mass is 16.4. The maximum absolute atomic E-state index is 10.5. The number of carboxylic acids is 1. The van der Waals surface area contributed by atoms with Crippen LogP contribution in [0.15, 0.2) is 42.7 Å². The van der Waals surface area contributed by atoms with Crippen LogP contribution in [-0.2, 0) is 11.2 Å². The summed E-state index contributed by atoms with van der Waals surface area (Å²) in [7, 11) is 0. The number of anilines is 2. The van der Waals surface area contributed by atoms with Crippen molar-refractivity contribution in [2.45, 2.75) is 12.8 Å². The molecule has 5 heteroatoms. The SMILES string of the molecule is O=C(O)/C=C/c1cnc(N2CCCc3ccccc32)nc1. The van der Waals surface area contributed by atoms with Crippen molar-refractivity contribution in [1.82, 2.24) is 9.97 Å². The predicted molar refractivity (Wildman–Crippen MR) is 80.5 cm³/mol. The normalized spacial score (nSPS) is 14.2. The van der Waals surface area contributed by atoms with Crippen molar-refractivity contribution in [3.63, 3.8) is 0 Å². The Bertz CT molecular complexity index is 680. The molecule has 0 saturated heterocycles. The lowest BCUT2D eigenvalue weighted by molar-refractivity contribution is -0.131. The van der Waals surface area contributed by atoms with Crippen LogP contribution in [0.3, 0.4) is 0 Å². The van der Waals surface area contributed by atoms with E-state index in [0.29, 0.717) is 11.5 Å². The van der Waals surface area contributed by atoms with Crippen LogP contribution < -0.4 is 4.90 Å². The Hall–Kier alpha value is -2.69. The van der Waals surface area contributed by atoms with E-state index >= 15 is 0 Å². The maximum Gasteiger partial charge on any atom is 0.328 e. The van der Waals surface area contributed by atoms with Crippen molar-refractivity contribution < 1.29 is 9.90 Å². The molecule has 106 valence electrons. The van der Waals surface area contributed by atoms with Gasteiger partial charge in [0.1, 0.15) is 0 Å². The molecule has 3 rings (SSSR count). The molecule has 5 nitrogen and oxygen atoms in total. The van der Waals surface area contributed by atoms with Crippen molar-refractivity contribution in [2.75, 3.05) is 11.4 Å². The predicted octanol–water partition coefficient (Wildman–Crippen LogP) is 2.66. The number of aliphatic carboxylic acids is 1. The van der Waals surface area contributed by atoms with Crippen molar-refractivity contribution >= 4 is 23.7 Å². The first kappa shape index (κ1) is 13.3. The van der Waals surface area contributed by atoms with E-state index < -0.39 is 5.97 Å². The quantitative estimate of drug-likeness (QED) is 0.876. The summed E-state index contributed by atoms with van der Waals surface area (Å²) in [6, 6.07) is 8.27. The third-order valence-corrected chi connectivity index (χ3v) is 3.43. The molecule has 0 aliphatic carbocycles. The highest BCUT2D eigenvalue weighted by Crippen LogP contribution is 2.30. The van der Waals surface area contributed by atoms with Crippen molar-refractivity contribution in [2.24, 2.45) is 0 Å². The number of para-hydroxylation sites is 1. The second-order valence-electron chi connectivity index (χ2n) is 4.87. The van der Waals surface area contributed by atoms with Crippen LogP contribution in [0.2, 0.25) is 0 Å². The number of fused-ring (bicyclic) bond motifs is 1. The van der Waals surface area contributed by atoms with Crippen LogP contribution in [0.5, 0.6) is 0 Å². The first-order valence-electron chi connectivity index (χ1n) is 6.82. The summed E-state index contributed by atoms with van der Waals surface area (Å²) >= 11 is 0. The fourth-order valence-corrected chi connectivity index (χ4v) is 2.47. The summed E-state index contributed by atoms with van der Waals surface area (Å²) in [5.41, 5.74) is 3.13. The minimum atomic E-state index is -0.982. The largest absolute Gasteiger partial charge is 0.478 e. The van der Waals surface area contributed by atoms with E-state index in [1.165, 1.54) is 11.6 Å². The smallest absolute Gasteiger partial charge is 0.328 e. The number of nitrogens with zero attached hydrogens (tertiary/aromatic N) is 3. The van der Waals surface area contributed by atoms with Crippen LogP contribution in [0.1, 0.15) is 17.5 Å². The monoisotopic (exact) mass is 281 g/mol. The summed E-state index contributed by atoms with van der Waals surface area (Å²) in [5, 5.41) is 8.61. The maximum atomic E-state index is 10.5. The highest BCUT2D eigenvalue weighted by molar-refractivity contribution is 5.85. The van der Waals surface area contributed by atoms with E-state index in [4.69, 9.17) is 5.11 Å². The van der Waals surface area contributed by atoms with Gasteiger partial charge in [0, 0.05) is 36.3 Å². The molecule has 0 atom stereocenters. The van der Waals surface area contributed by atoms with Gasteiger partial charge in [-0.2, -0.15) is 0 Å². The molecule has 21 heavy (non-hydrogen) atoms. The molecule has 1 aromatic carbocycles. The number of hydrogen-bond acceptors (Lipinski definition) is 4. The molecule has 2 heterocycles. The minimum Gasteiger partial charge on any atom is -0.478 e. The van der Waals surface area contributed by atoms with Gasteiger partial charge in [-0.15, -0.1) is 0 Å². The molecule has 0 saturated carbocycles. The van der Waals surface area contributed by atoms with Crippen molar-refractivity contribution in [1.29, 1.82) is 0 Å². The summed E-state index contributed by atoms with van der Waals surface area (Å²) in [4.78, 5) is 21.3. The molecule has 0 unspecified atom stereocenters. The van der Waals surface area contributed by atoms with Crippen molar-refractivity contribution in [3.05, 3.63) is 53.9 Å². The van der Waals surface area contributed by atoms with E-state index in [2.05, 4.69) is 27.0 Å². The van der Waals surface area contributed by atoms with Crippen LogP contribution >= 0.6 is 0 Å². The highest BCUT2D eigenvalue weighted by Gasteiger charge is 2.19. The molecule has 0 bridgehead atoms. The number of hydrogen-bond donors (Lipinski definition) is 1. The van der Waals surface area contributed by atoms with Crippen molar-refractivity contribution in [3.8, 4) is 0 Å². The lowest BCUT2D eigenvalue weighted by Gasteiger charge is -2.29. The van der Waals surface area contributed by atoms with E-state index in [0.717, 1.165) is 31.1 Å². The van der Waals surface area contributed by atoms with Gasteiger partial charge in [0.15, 0.2) is 0 Å². The molecule has 1 aromatic heterocycles. The Morgan fingerprint density at radius 2 is 2.00 bits per heavy atom. The molecule has 2 aromatic rings. The van der Waals surface area contributed by atoms with Gasteiger partial charge in [-0.3, -0.25) is 0 Å². The number of aryl methyl sites for hydroxylation is 1.